The van der Waals surface area contributed by atoms with Crippen LogP contribution in [0, 0.1) is 12.7 Å². The van der Waals surface area contributed by atoms with Crippen LogP contribution < -0.4 is 0 Å². The number of nitrogens with zero attached hydrogens (tertiary/aromatic N) is 2. The van der Waals surface area contributed by atoms with Gasteiger partial charge in [-0.2, -0.15) is 5.10 Å². The second kappa shape index (κ2) is 4.78. The van der Waals surface area contributed by atoms with E-state index in [1.807, 2.05) is 13.8 Å². The Labute approximate surface area is 113 Å². The minimum absolute atomic E-state index is 0.340. The van der Waals surface area contributed by atoms with E-state index in [4.69, 9.17) is 11.6 Å². The summed E-state index contributed by atoms with van der Waals surface area (Å²) in [6.07, 6.45) is 0. The van der Waals surface area contributed by atoms with E-state index >= 15 is 0 Å². The van der Waals surface area contributed by atoms with Gasteiger partial charge in [0.1, 0.15) is 5.82 Å². The first-order chi connectivity index (χ1) is 8.06. The van der Waals surface area contributed by atoms with Gasteiger partial charge in [-0.05, 0) is 41.9 Å². The molecule has 0 saturated heterocycles. The highest BCUT2D eigenvalue weighted by atomic mass is 79.9. The maximum atomic E-state index is 13.9. The van der Waals surface area contributed by atoms with Crippen LogP contribution in [0.5, 0.6) is 0 Å². The van der Waals surface area contributed by atoms with Gasteiger partial charge in [0.25, 0.3) is 0 Å². The van der Waals surface area contributed by atoms with Crippen molar-refractivity contribution in [2.24, 2.45) is 0 Å². The predicted molar refractivity (Wildman–Crippen MR) is 70.7 cm³/mol. The molecule has 0 radical (unpaired) electrons. The zero-order chi connectivity index (χ0) is 12.6. The summed E-state index contributed by atoms with van der Waals surface area (Å²) in [4.78, 5) is 0. The van der Waals surface area contributed by atoms with E-state index in [9.17, 15) is 4.39 Å². The highest BCUT2D eigenvalue weighted by Crippen LogP contribution is 2.36. The Kier molecular flexibility index (Phi) is 3.54. The standard InChI is InChI=1S/C12H11BrClFN2/c1-3-17-12(11(13)7(2)16-17)10-8(14)5-4-6-9(10)15/h4-6H,3H2,1-2H3. The third kappa shape index (κ3) is 2.11. The van der Waals surface area contributed by atoms with Crippen molar-refractivity contribution in [3.8, 4) is 11.3 Å². The Hall–Kier alpha value is -0.870. The van der Waals surface area contributed by atoms with Crippen LogP contribution in [-0.2, 0) is 6.54 Å². The Morgan fingerprint density at radius 1 is 1.47 bits per heavy atom. The first-order valence-corrected chi connectivity index (χ1v) is 6.40. The number of aryl methyl sites for hydroxylation is 2. The first kappa shape index (κ1) is 12.6. The summed E-state index contributed by atoms with van der Waals surface area (Å²) in [5, 5.41) is 4.72. The first-order valence-electron chi connectivity index (χ1n) is 5.23. The lowest BCUT2D eigenvalue weighted by atomic mass is 10.1. The highest BCUT2D eigenvalue weighted by molar-refractivity contribution is 9.10. The number of benzene rings is 1. The molecule has 0 spiro atoms. The van der Waals surface area contributed by atoms with Crippen molar-refractivity contribution in [1.29, 1.82) is 0 Å². The molecule has 1 aromatic heterocycles. The number of rotatable bonds is 2. The van der Waals surface area contributed by atoms with Gasteiger partial charge in [-0.1, -0.05) is 17.7 Å². The van der Waals surface area contributed by atoms with Crippen LogP contribution >= 0.6 is 27.5 Å². The van der Waals surface area contributed by atoms with E-state index in [2.05, 4.69) is 21.0 Å². The topological polar surface area (TPSA) is 17.8 Å². The smallest absolute Gasteiger partial charge is 0.134 e. The quantitative estimate of drug-likeness (QED) is 0.801. The van der Waals surface area contributed by atoms with Crippen LogP contribution in [0.3, 0.4) is 0 Å². The van der Waals surface area contributed by atoms with Crippen molar-refractivity contribution in [3.63, 3.8) is 0 Å². The van der Waals surface area contributed by atoms with E-state index in [1.165, 1.54) is 6.07 Å². The molecule has 0 aliphatic rings. The summed E-state index contributed by atoms with van der Waals surface area (Å²) >= 11 is 9.51. The second-order valence-electron chi connectivity index (χ2n) is 3.66. The van der Waals surface area contributed by atoms with Crippen LogP contribution in [0.25, 0.3) is 11.3 Å². The van der Waals surface area contributed by atoms with Gasteiger partial charge in [0, 0.05) is 6.54 Å². The lowest BCUT2D eigenvalue weighted by molar-refractivity contribution is 0.620. The fraction of sp³-hybridized carbons (Fsp3) is 0.250. The van der Waals surface area contributed by atoms with Gasteiger partial charge in [-0.15, -0.1) is 0 Å². The lowest BCUT2D eigenvalue weighted by Gasteiger charge is -2.08. The molecule has 5 heteroatoms. The van der Waals surface area contributed by atoms with Gasteiger partial charge < -0.3 is 0 Å². The van der Waals surface area contributed by atoms with Crippen molar-refractivity contribution in [1.82, 2.24) is 9.78 Å². The molecular weight excluding hydrogens is 307 g/mol. The van der Waals surface area contributed by atoms with E-state index < -0.39 is 0 Å². The summed E-state index contributed by atoms with van der Waals surface area (Å²) in [7, 11) is 0. The molecule has 0 N–H and O–H groups in total. The molecular formula is C12H11BrClFN2. The molecule has 2 aromatic rings. The van der Waals surface area contributed by atoms with Crippen LogP contribution in [0.2, 0.25) is 5.02 Å². The zero-order valence-corrected chi connectivity index (χ0v) is 11.8. The summed E-state index contributed by atoms with van der Waals surface area (Å²) in [6, 6.07) is 4.67. The third-order valence-corrected chi connectivity index (χ3v) is 3.82. The van der Waals surface area contributed by atoms with Crippen molar-refractivity contribution in [2.75, 3.05) is 0 Å². The average Bonchev–Trinajstić information content (AvgIpc) is 2.56. The Morgan fingerprint density at radius 3 is 2.76 bits per heavy atom. The minimum Gasteiger partial charge on any atom is -0.264 e. The van der Waals surface area contributed by atoms with Crippen LogP contribution in [0.15, 0.2) is 22.7 Å². The molecule has 0 bridgehead atoms. The lowest BCUT2D eigenvalue weighted by Crippen LogP contribution is -2.01. The largest absolute Gasteiger partial charge is 0.264 e. The van der Waals surface area contributed by atoms with Crippen LogP contribution in [0.1, 0.15) is 12.6 Å². The van der Waals surface area contributed by atoms with Crippen LogP contribution in [0.4, 0.5) is 4.39 Å². The molecule has 17 heavy (non-hydrogen) atoms. The Morgan fingerprint density at radius 2 is 2.18 bits per heavy atom. The maximum absolute atomic E-state index is 13.9. The minimum atomic E-state index is -0.340. The average molecular weight is 318 g/mol. The van der Waals surface area contributed by atoms with Gasteiger partial charge >= 0.3 is 0 Å². The highest BCUT2D eigenvalue weighted by Gasteiger charge is 2.19. The molecule has 2 nitrogen and oxygen atoms in total. The molecule has 0 unspecified atom stereocenters. The molecule has 0 aliphatic heterocycles. The van der Waals surface area contributed by atoms with Crippen molar-refractivity contribution in [3.05, 3.63) is 39.2 Å². The Balaban J connectivity index is 2.76. The number of halogens is 3. The predicted octanol–water partition coefficient (Wildman–Crippen LogP) is 4.43. The van der Waals surface area contributed by atoms with Gasteiger partial charge in [0.2, 0.25) is 0 Å². The number of hydrogen-bond donors (Lipinski definition) is 0. The molecule has 90 valence electrons. The van der Waals surface area contributed by atoms with Crippen molar-refractivity contribution in [2.45, 2.75) is 20.4 Å². The fourth-order valence-corrected chi connectivity index (χ4v) is 2.49. The van der Waals surface area contributed by atoms with E-state index in [1.54, 1.807) is 16.8 Å². The third-order valence-electron chi connectivity index (χ3n) is 2.55. The van der Waals surface area contributed by atoms with Crippen LogP contribution in [-0.4, -0.2) is 9.78 Å². The van der Waals surface area contributed by atoms with Gasteiger partial charge in [0.05, 0.1) is 26.4 Å². The summed E-state index contributed by atoms with van der Waals surface area (Å²) < 4.78 is 16.4. The van der Waals surface area contributed by atoms with Gasteiger partial charge in [0.15, 0.2) is 0 Å². The van der Waals surface area contributed by atoms with Gasteiger partial charge in [-0.25, -0.2) is 4.39 Å². The summed E-state index contributed by atoms with van der Waals surface area (Å²) in [5.74, 6) is -0.340. The summed E-state index contributed by atoms with van der Waals surface area (Å²) in [6.45, 7) is 4.48. The van der Waals surface area contributed by atoms with Crippen molar-refractivity contribution >= 4 is 27.5 Å². The molecule has 0 saturated carbocycles. The monoisotopic (exact) mass is 316 g/mol. The second-order valence-corrected chi connectivity index (χ2v) is 4.86. The number of hydrogen-bond acceptors (Lipinski definition) is 1. The molecule has 1 heterocycles. The maximum Gasteiger partial charge on any atom is 0.134 e. The molecule has 1 aromatic carbocycles. The van der Waals surface area contributed by atoms with E-state index in [-0.39, 0.29) is 5.82 Å². The summed E-state index contributed by atoms with van der Waals surface area (Å²) in [5.41, 5.74) is 1.90. The fourth-order valence-electron chi connectivity index (χ4n) is 1.75. The molecule has 0 fully saturated rings. The molecule has 0 amide bonds. The van der Waals surface area contributed by atoms with E-state index in [0.29, 0.717) is 22.8 Å². The Bertz CT molecular complexity index is 546. The van der Waals surface area contributed by atoms with E-state index in [0.717, 1.165) is 10.2 Å². The van der Waals surface area contributed by atoms with Crippen molar-refractivity contribution < 1.29 is 4.39 Å². The number of aromatic nitrogens is 2. The molecule has 0 atom stereocenters. The zero-order valence-electron chi connectivity index (χ0n) is 9.47. The molecule has 2 rings (SSSR count). The normalized spacial score (nSPS) is 10.9. The molecule has 0 aliphatic carbocycles. The SMILES string of the molecule is CCn1nc(C)c(Br)c1-c1c(F)cccc1Cl. The van der Waals surface area contributed by atoms with Gasteiger partial charge in [-0.3, -0.25) is 4.68 Å².